The second-order valence-corrected chi connectivity index (χ2v) is 7.34. The number of aliphatic hydroxyl groups excluding tert-OH is 2. The molecule has 1 aromatic carbocycles. The summed E-state index contributed by atoms with van der Waals surface area (Å²) in [5, 5.41) is 40.9. The highest BCUT2D eigenvalue weighted by Gasteiger charge is 2.41. The van der Waals surface area contributed by atoms with Gasteiger partial charge >= 0.3 is 6.18 Å². The van der Waals surface area contributed by atoms with E-state index in [0.29, 0.717) is 17.7 Å². The van der Waals surface area contributed by atoms with Gasteiger partial charge in [-0.05, 0) is 31.0 Å². The van der Waals surface area contributed by atoms with Gasteiger partial charge in [0.05, 0.1) is 48.4 Å². The summed E-state index contributed by atoms with van der Waals surface area (Å²) in [4.78, 5) is 0. The molecule has 4 atom stereocenters. The summed E-state index contributed by atoms with van der Waals surface area (Å²) < 4.78 is 39.8. The first-order chi connectivity index (χ1) is 13.1. The molecule has 2 heterocycles. The van der Waals surface area contributed by atoms with Gasteiger partial charge in [0, 0.05) is 12.5 Å². The van der Waals surface area contributed by atoms with Crippen molar-refractivity contribution in [1.82, 2.24) is 20.3 Å². The van der Waals surface area contributed by atoms with Gasteiger partial charge in [-0.2, -0.15) is 13.2 Å². The Morgan fingerprint density at radius 2 is 1.96 bits per heavy atom. The highest BCUT2D eigenvalue weighted by molar-refractivity contribution is 5.30. The minimum Gasteiger partial charge on any atom is -0.394 e. The molecule has 1 unspecified atom stereocenters. The topological polar surface area (TPSA) is 103 Å². The number of alkyl halides is 3. The van der Waals surface area contributed by atoms with Gasteiger partial charge in [0.25, 0.3) is 0 Å². The standard InChI is InChI=1S/C18H23F3N4O3/c1-11-6-17(28,12-2-4-13(5-3-12)18(19,20)21)7-15(22-11)16-9-25(24-23-16)8-14(27)10-26/h2-5,9,11,14-15,22,26-28H,6-8,10H2,1H3/t11-,14-,15-,17?/m0/s1. The van der Waals surface area contributed by atoms with Crippen molar-refractivity contribution in [2.75, 3.05) is 6.61 Å². The molecule has 1 aliphatic rings. The lowest BCUT2D eigenvalue weighted by Crippen LogP contribution is -2.47. The Kier molecular flexibility index (Phi) is 5.76. The molecular formula is C18H23F3N4O3. The first-order valence-corrected chi connectivity index (χ1v) is 8.96. The molecule has 10 heteroatoms. The first kappa shape index (κ1) is 20.7. The molecule has 3 rings (SSSR count). The Labute approximate surface area is 159 Å². The number of aliphatic hydroxyl groups is 3. The number of rotatable bonds is 5. The van der Waals surface area contributed by atoms with Crippen LogP contribution in [0.25, 0.3) is 0 Å². The van der Waals surface area contributed by atoms with Gasteiger partial charge in [0.2, 0.25) is 0 Å². The summed E-state index contributed by atoms with van der Waals surface area (Å²) in [6.45, 7) is 1.55. The largest absolute Gasteiger partial charge is 0.416 e. The molecule has 2 aromatic rings. The van der Waals surface area contributed by atoms with E-state index in [1.54, 1.807) is 6.20 Å². The molecule has 1 aromatic heterocycles. The fourth-order valence-electron chi connectivity index (χ4n) is 3.62. The lowest BCUT2D eigenvalue weighted by atomic mass is 9.78. The molecule has 0 amide bonds. The van der Waals surface area contributed by atoms with Gasteiger partial charge in [-0.1, -0.05) is 17.3 Å². The Balaban J connectivity index is 1.80. The van der Waals surface area contributed by atoms with Crippen molar-refractivity contribution < 1.29 is 28.5 Å². The molecule has 28 heavy (non-hydrogen) atoms. The van der Waals surface area contributed by atoms with Crippen LogP contribution in [0.4, 0.5) is 13.2 Å². The fraction of sp³-hybridized carbons (Fsp3) is 0.556. The first-order valence-electron chi connectivity index (χ1n) is 8.96. The zero-order valence-electron chi connectivity index (χ0n) is 15.3. The number of hydrogen-bond acceptors (Lipinski definition) is 6. The van der Waals surface area contributed by atoms with Gasteiger partial charge < -0.3 is 20.6 Å². The Hall–Kier alpha value is -2.01. The van der Waals surface area contributed by atoms with Crippen LogP contribution < -0.4 is 5.32 Å². The molecule has 154 valence electrons. The van der Waals surface area contributed by atoms with E-state index in [0.717, 1.165) is 12.1 Å². The third kappa shape index (κ3) is 4.52. The van der Waals surface area contributed by atoms with E-state index in [4.69, 9.17) is 5.11 Å². The molecule has 0 spiro atoms. The van der Waals surface area contributed by atoms with Crippen molar-refractivity contribution >= 4 is 0 Å². The highest BCUT2D eigenvalue weighted by Crippen LogP contribution is 2.40. The van der Waals surface area contributed by atoms with Gasteiger partial charge in [0.15, 0.2) is 0 Å². The van der Waals surface area contributed by atoms with Crippen LogP contribution in [-0.2, 0) is 18.3 Å². The van der Waals surface area contributed by atoms with Gasteiger partial charge in [-0.25, -0.2) is 4.68 Å². The average molecular weight is 400 g/mol. The van der Waals surface area contributed by atoms with Crippen LogP contribution in [0.2, 0.25) is 0 Å². The second kappa shape index (κ2) is 7.78. The van der Waals surface area contributed by atoms with Gasteiger partial charge in [-0.3, -0.25) is 0 Å². The maximum Gasteiger partial charge on any atom is 0.416 e. The van der Waals surface area contributed by atoms with Crippen molar-refractivity contribution in [2.45, 2.75) is 56.3 Å². The number of piperidine rings is 1. The van der Waals surface area contributed by atoms with Crippen LogP contribution in [0.3, 0.4) is 0 Å². The van der Waals surface area contributed by atoms with Crippen molar-refractivity contribution in [3.8, 4) is 0 Å². The lowest BCUT2D eigenvalue weighted by Gasteiger charge is -2.40. The molecule has 1 fully saturated rings. The van der Waals surface area contributed by atoms with Gasteiger partial charge in [0.1, 0.15) is 0 Å². The van der Waals surface area contributed by atoms with Gasteiger partial charge in [-0.15, -0.1) is 5.10 Å². The molecule has 0 radical (unpaired) electrons. The van der Waals surface area contributed by atoms with Crippen molar-refractivity contribution in [1.29, 1.82) is 0 Å². The monoisotopic (exact) mass is 400 g/mol. The maximum absolute atomic E-state index is 12.8. The predicted octanol–water partition coefficient (Wildman–Crippen LogP) is 1.35. The maximum atomic E-state index is 12.8. The highest BCUT2D eigenvalue weighted by atomic mass is 19.4. The molecule has 1 aliphatic heterocycles. The summed E-state index contributed by atoms with van der Waals surface area (Å²) in [7, 11) is 0. The van der Waals surface area contributed by atoms with E-state index < -0.39 is 30.1 Å². The van der Waals surface area contributed by atoms with E-state index in [1.165, 1.54) is 16.8 Å². The van der Waals surface area contributed by atoms with Crippen LogP contribution >= 0.6 is 0 Å². The lowest BCUT2D eigenvalue weighted by molar-refractivity contribution is -0.137. The van der Waals surface area contributed by atoms with E-state index in [-0.39, 0.29) is 25.0 Å². The number of halogens is 3. The van der Waals surface area contributed by atoms with E-state index in [1.807, 2.05) is 6.92 Å². The molecule has 4 N–H and O–H groups in total. The van der Waals surface area contributed by atoms with Crippen LogP contribution in [0.1, 0.15) is 42.6 Å². The number of hydrogen-bond donors (Lipinski definition) is 4. The van der Waals surface area contributed by atoms with E-state index in [2.05, 4.69) is 15.6 Å². The number of benzene rings is 1. The van der Waals surface area contributed by atoms with E-state index >= 15 is 0 Å². The Morgan fingerprint density at radius 3 is 2.57 bits per heavy atom. The van der Waals surface area contributed by atoms with Crippen molar-refractivity contribution in [3.05, 3.63) is 47.3 Å². The van der Waals surface area contributed by atoms with Crippen LogP contribution in [-0.4, -0.2) is 49.1 Å². The van der Waals surface area contributed by atoms with Crippen LogP contribution in [0.5, 0.6) is 0 Å². The number of aromatic nitrogens is 3. The smallest absolute Gasteiger partial charge is 0.394 e. The fourth-order valence-corrected chi connectivity index (χ4v) is 3.62. The van der Waals surface area contributed by atoms with Crippen molar-refractivity contribution in [3.63, 3.8) is 0 Å². The summed E-state index contributed by atoms with van der Waals surface area (Å²) in [5.41, 5.74) is -1.11. The number of nitrogens with one attached hydrogen (secondary N) is 1. The third-order valence-corrected chi connectivity index (χ3v) is 4.94. The zero-order chi connectivity index (χ0) is 20.5. The predicted molar refractivity (Wildman–Crippen MR) is 93.0 cm³/mol. The molecule has 0 aliphatic carbocycles. The Bertz CT molecular complexity index is 796. The quantitative estimate of drug-likeness (QED) is 0.604. The van der Waals surface area contributed by atoms with Crippen LogP contribution in [0, 0.1) is 0 Å². The minimum absolute atomic E-state index is 0.0783. The second-order valence-electron chi connectivity index (χ2n) is 7.34. The summed E-state index contributed by atoms with van der Waals surface area (Å²) in [6, 6.07) is 4.09. The Morgan fingerprint density at radius 1 is 1.29 bits per heavy atom. The number of nitrogens with zero attached hydrogens (tertiary/aromatic N) is 3. The van der Waals surface area contributed by atoms with Crippen LogP contribution in [0.15, 0.2) is 30.5 Å². The molecule has 0 bridgehead atoms. The average Bonchev–Trinajstić information content (AvgIpc) is 3.09. The minimum atomic E-state index is -4.43. The van der Waals surface area contributed by atoms with E-state index in [9.17, 15) is 23.4 Å². The van der Waals surface area contributed by atoms with Crippen molar-refractivity contribution in [2.24, 2.45) is 0 Å². The molecule has 0 saturated carbocycles. The molecule has 7 nitrogen and oxygen atoms in total. The molecule has 1 saturated heterocycles. The summed E-state index contributed by atoms with van der Waals surface area (Å²) in [5.74, 6) is 0. The summed E-state index contributed by atoms with van der Waals surface area (Å²) >= 11 is 0. The summed E-state index contributed by atoms with van der Waals surface area (Å²) in [6.07, 6.45) is -3.22. The normalized spacial score (nSPS) is 27.0. The third-order valence-electron chi connectivity index (χ3n) is 4.94. The SMILES string of the molecule is C[C@H]1CC(O)(c2ccc(C(F)(F)F)cc2)C[C@@H](c2cn(C[C@H](O)CO)nn2)N1. The zero-order valence-corrected chi connectivity index (χ0v) is 15.3. The molecular weight excluding hydrogens is 377 g/mol.